The van der Waals surface area contributed by atoms with Crippen molar-refractivity contribution >= 4 is 27.7 Å². The number of amides is 1. The van der Waals surface area contributed by atoms with Crippen molar-refractivity contribution in [2.75, 3.05) is 78.1 Å². The lowest BCUT2D eigenvalue weighted by Gasteiger charge is -2.44. The van der Waals surface area contributed by atoms with Crippen molar-refractivity contribution in [2.45, 2.75) is 50.2 Å². The molecule has 11 heteroatoms. The predicted octanol–water partition coefficient (Wildman–Crippen LogP) is 2.02. The molecule has 3 saturated heterocycles. The van der Waals surface area contributed by atoms with Crippen LogP contribution in [0.25, 0.3) is 0 Å². The van der Waals surface area contributed by atoms with Crippen LogP contribution in [-0.4, -0.2) is 124 Å². The van der Waals surface area contributed by atoms with Crippen LogP contribution < -0.4 is 4.74 Å². The van der Waals surface area contributed by atoms with Gasteiger partial charge in [-0.25, -0.2) is 8.42 Å². The highest BCUT2D eigenvalue weighted by atomic mass is 32.2. The fourth-order valence-electron chi connectivity index (χ4n) is 5.80. The lowest BCUT2D eigenvalue weighted by Crippen LogP contribution is -2.57. The Hall–Kier alpha value is -1.37. The Morgan fingerprint density at radius 1 is 1.05 bits per heavy atom. The summed E-state index contributed by atoms with van der Waals surface area (Å²) in [6.07, 6.45) is 4.21. The molecule has 0 bridgehead atoms. The third-order valence-electron chi connectivity index (χ3n) is 7.77. The molecule has 9 nitrogen and oxygen atoms in total. The highest BCUT2D eigenvalue weighted by Gasteiger charge is 2.36. The van der Waals surface area contributed by atoms with E-state index in [2.05, 4.69) is 16.8 Å². The Labute approximate surface area is 226 Å². The number of carbonyl (C=O) groups is 1. The molecule has 2 atom stereocenters. The maximum atomic E-state index is 13.7. The van der Waals surface area contributed by atoms with Crippen molar-refractivity contribution in [1.82, 2.24) is 19.0 Å². The van der Waals surface area contributed by atoms with E-state index >= 15 is 0 Å². The summed E-state index contributed by atoms with van der Waals surface area (Å²) in [5.74, 6) is 2.02. The van der Waals surface area contributed by atoms with Gasteiger partial charge < -0.3 is 14.4 Å². The average Bonchev–Trinajstić information content (AvgIpc) is 2.88. The molecule has 0 radical (unpaired) electrons. The van der Waals surface area contributed by atoms with Gasteiger partial charge in [0.1, 0.15) is 12.4 Å². The van der Waals surface area contributed by atoms with Crippen LogP contribution in [-0.2, 0) is 19.6 Å². The summed E-state index contributed by atoms with van der Waals surface area (Å²) < 4.78 is 40.1. The highest BCUT2D eigenvalue weighted by molar-refractivity contribution is 7.99. The molecule has 0 N–H and O–H groups in total. The van der Waals surface area contributed by atoms with E-state index in [0.29, 0.717) is 53.3 Å². The van der Waals surface area contributed by atoms with Gasteiger partial charge in [0, 0.05) is 44.2 Å². The first-order valence-corrected chi connectivity index (χ1v) is 15.9. The van der Waals surface area contributed by atoms with Crippen LogP contribution in [0.4, 0.5) is 0 Å². The molecule has 3 fully saturated rings. The molecule has 3 aliphatic heterocycles. The molecule has 0 aliphatic carbocycles. The molecule has 37 heavy (non-hydrogen) atoms. The highest BCUT2D eigenvalue weighted by Crippen LogP contribution is 2.31. The van der Waals surface area contributed by atoms with E-state index in [1.54, 1.807) is 49.2 Å². The lowest BCUT2D eigenvalue weighted by molar-refractivity contribution is -0.139. The van der Waals surface area contributed by atoms with Gasteiger partial charge >= 0.3 is 0 Å². The maximum absolute atomic E-state index is 13.7. The molecule has 0 saturated carbocycles. The van der Waals surface area contributed by atoms with Gasteiger partial charge in [0.05, 0.1) is 30.8 Å². The summed E-state index contributed by atoms with van der Waals surface area (Å²) in [5.41, 5.74) is 1.34. The first-order chi connectivity index (χ1) is 17.7. The molecule has 3 aliphatic rings. The number of hydrogen-bond donors (Lipinski definition) is 0. The van der Waals surface area contributed by atoms with Gasteiger partial charge in [-0.1, -0.05) is 0 Å². The van der Waals surface area contributed by atoms with Gasteiger partial charge in [0.15, 0.2) is 0 Å². The zero-order valence-corrected chi connectivity index (χ0v) is 24.3. The molecule has 0 spiro atoms. The number of nitrogens with zero attached hydrogens (tertiary/aromatic N) is 4. The second kappa shape index (κ2) is 12.7. The summed E-state index contributed by atoms with van der Waals surface area (Å²) in [4.78, 5) is 20.0. The van der Waals surface area contributed by atoms with E-state index in [4.69, 9.17) is 9.47 Å². The zero-order chi connectivity index (χ0) is 26.6. The number of ether oxygens (including phenoxy) is 2. The predicted molar refractivity (Wildman–Crippen MR) is 147 cm³/mol. The minimum atomic E-state index is -3.71. The summed E-state index contributed by atoms with van der Waals surface area (Å²) in [6.45, 7) is 8.55. The Morgan fingerprint density at radius 3 is 2.41 bits per heavy atom. The largest absolute Gasteiger partial charge is 0.497 e. The standard InChI is InChI=1S/C26H42N4O5S2/c1-20-15-23(34-4)16-21(2)26(20)37(32,33)30-13-14-36-19-22(30)17-35-18-25(31)29-11-9-28(10-12-29)24-7-5-6-8-27(24)3/h15-16,22,24H,5-14,17-19H2,1-4H3/t22-,24?/m1/s1. The smallest absolute Gasteiger partial charge is 0.248 e. The third-order valence-corrected chi connectivity index (χ3v) is 11.1. The molecule has 0 aromatic heterocycles. The van der Waals surface area contributed by atoms with Gasteiger partial charge in [-0.15, -0.1) is 0 Å². The number of benzene rings is 1. The van der Waals surface area contributed by atoms with Crippen molar-refractivity contribution in [2.24, 2.45) is 0 Å². The molecule has 1 amide bonds. The summed E-state index contributed by atoms with van der Waals surface area (Å²) in [5, 5.41) is 0. The summed E-state index contributed by atoms with van der Waals surface area (Å²) in [6, 6.07) is 3.21. The first kappa shape index (κ1) is 28.6. The summed E-state index contributed by atoms with van der Waals surface area (Å²) in [7, 11) is 0.0610. The number of hydrogen-bond acceptors (Lipinski definition) is 8. The number of methoxy groups -OCH3 is 1. The van der Waals surface area contributed by atoms with Gasteiger partial charge in [-0.05, 0) is 70.0 Å². The minimum absolute atomic E-state index is 0.0149. The minimum Gasteiger partial charge on any atom is -0.497 e. The Kier molecular flexibility index (Phi) is 9.79. The Bertz CT molecular complexity index is 1020. The Morgan fingerprint density at radius 2 is 1.76 bits per heavy atom. The topological polar surface area (TPSA) is 82.6 Å². The van der Waals surface area contributed by atoms with Crippen LogP contribution in [0.1, 0.15) is 30.4 Å². The van der Waals surface area contributed by atoms with Gasteiger partial charge in [-0.2, -0.15) is 16.1 Å². The molecule has 1 aromatic rings. The van der Waals surface area contributed by atoms with E-state index in [1.807, 2.05) is 4.90 Å². The normalized spacial score (nSPS) is 24.8. The number of rotatable bonds is 8. The fraction of sp³-hybridized carbons (Fsp3) is 0.731. The number of sulfonamides is 1. The van der Waals surface area contributed by atoms with Gasteiger partial charge in [-0.3, -0.25) is 14.6 Å². The number of thioether (sulfide) groups is 1. The molecule has 4 rings (SSSR count). The van der Waals surface area contributed by atoms with Gasteiger partial charge in [0.2, 0.25) is 15.9 Å². The summed E-state index contributed by atoms with van der Waals surface area (Å²) >= 11 is 1.72. The molecular weight excluding hydrogens is 512 g/mol. The van der Waals surface area contributed by atoms with E-state index in [-0.39, 0.29) is 25.2 Å². The van der Waals surface area contributed by atoms with E-state index in [9.17, 15) is 13.2 Å². The molecular formula is C26H42N4O5S2. The molecule has 3 heterocycles. The van der Waals surface area contributed by atoms with Crippen molar-refractivity contribution in [1.29, 1.82) is 0 Å². The van der Waals surface area contributed by atoms with Crippen LogP contribution in [0.3, 0.4) is 0 Å². The van der Waals surface area contributed by atoms with Crippen molar-refractivity contribution in [3.8, 4) is 5.75 Å². The fourth-order valence-corrected chi connectivity index (χ4v) is 9.08. The monoisotopic (exact) mass is 554 g/mol. The van der Waals surface area contributed by atoms with Crippen LogP contribution in [0.15, 0.2) is 17.0 Å². The van der Waals surface area contributed by atoms with Crippen LogP contribution in [0, 0.1) is 13.8 Å². The number of likely N-dealkylation sites (tertiary alicyclic amines) is 1. The number of carbonyl (C=O) groups excluding carboxylic acids is 1. The van der Waals surface area contributed by atoms with E-state index in [0.717, 1.165) is 25.4 Å². The maximum Gasteiger partial charge on any atom is 0.248 e. The SMILES string of the molecule is COc1cc(C)c(S(=O)(=O)N2CCSC[C@H]2COCC(=O)N2CCN(C3CCCCN3C)CC2)c(C)c1. The van der Waals surface area contributed by atoms with Crippen LogP contribution in [0.5, 0.6) is 5.75 Å². The van der Waals surface area contributed by atoms with Crippen molar-refractivity contribution in [3.05, 3.63) is 23.3 Å². The van der Waals surface area contributed by atoms with E-state index < -0.39 is 10.0 Å². The van der Waals surface area contributed by atoms with Crippen LogP contribution >= 0.6 is 11.8 Å². The quantitative estimate of drug-likeness (QED) is 0.483. The number of piperazine rings is 1. The molecule has 1 aromatic carbocycles. The molecule has 208 valence electrons. The second-order valence-electron chi connectivity index (χ2n) is 10.3. The average molecular weight is 555 g/mol. The second-order valence-corrected chi connectivity index (χ2v) is 13.3. The van der Waals surface area contributed by atoms with E-state index in [1.165, 1.54) is 19.3 Å². The zero-order valence-electron chi connectivity index (χ0n) is 22.6. The van der Waals surface area contributed by atoms with Gasteiger partial charge in [0.25, 0.3) is 0 Å². The Balaban J connectivity index is 1.31. The number of aryl methyl sites for hydroxylation is 2. The first-order valence-electron chi connectivity index (χ1n) is 13.3. The lowest BCUT2D eigenvalue weighted by atomic mass is 10.1. The number of piperidine rings is 1. The third kappa shape index (κ3) is 6.62. The molecule has 1 unspecified atom stereocenters. The van der Waals surface area contributed by atoms with Crippen molar-refractivity contribution < 1.29 is 22.7 Å². The van der Waals surface area contributed by atoms with Crippen LogP contribution in [0.2, 0.25) is 0 Å². The van der Waals surface area contributed by atoms with Crippen molar-refractivity contribution in [3.63, 3.8) is 0 Å².